The first-order valence-corrected chi connectivity index (χ1v) is 9.70. The van der Waals surface area contributed by atoms with Gasteiger partial charge in [0.1, 0.15) is 0 Å². The molecule has 2 amide bonds. The zero-order chi connectivity index (χ0) is 22.2. The van der Waals surface area contributed by atoms with Crippen LogP contribution < -0.4 is 24.8 Å². The number of pyridine rings is 1. The summed E-state index contributed by atoms with van der Waals surface area (Å²) >= 11 is 0. The molecule has 0 bridgehead atoms. The number of carbonyl (C=O) groups excluding carboxylic acids is 2. The Bertz CT molecular complexity index is 904. The molecule has 2 N–H and O–H groups in total. The molecule has 0 saturated heterocycles. The molecule has 0 radical (unpaired) electrons. The molecule has 3 rings (SSSR count). The van der Waals surface area contributed by atoms with Crippen molar-refractivity contribution in [3.8, 4) is 17.4 Å². The summed E-state index contributed by atoms with van der Waals surface area (Å²) in [4.78, 5) is 28.4. The molecule has 0 spiro atoms. The number of carbonyl (C=O) groups is 2. The van der Waals surface area contributed by atoms with Crippen molar-refractivity contribution < 1.29 is 32.6 Å². The molecular weight excluding hydrogens is 412 g/mol. The second-order valence-electron chi connectivity index (χ2n) is 6.96. The molecule has 0 aliphatic heterocycles. The highest BCUT2D eigenvalue weighted by atomic mass is 19.3. The number of hydrogen-bond acceptors (Lipinski definition) is 6. The van der Waals surface area contributed by atoms with Crippen LogP contribution in [0.25, 0.3) is 0 Å². The van der Waals surface area contributed by atoms with E-state index in [0.717, 1.165) is 5.56 Å². The number of methoxy groups -OCH3 is 1. The molecule has 0 atom stereocenters. The molecule has 1 aromatic heterocycles. The summed E-state index contributed by atoms with van der Waals surface area (Å²) < 4.78 is 39.6. The average Bonchev–Trinajstić information content (AvgIpc) is 3.59. The van der Waals surface area contributed by atoms with Crippen molar-refractivity contribution in [1.82, 2.24) is 15.6 Å². The third-order valence-corrected chi connectivity index (χ3v) is 4.50. The summed E-state index contributed by atoms with van der Waals surface area (Å²) in [5.74, 6) is 0.0253. The number of nitrogens with zero attached hydrogens (tertiary/aromatic N) is 1. The molecule has 1 aromatic carbocycles. The molecule has 31 heavy (non-hydrogen) atoms. The van der Waals surface area contributed by atoms with Crippen LogP contribution in [-0.2, 0) is 11.3 Å². The number of halogens is 2. The van der Waals surface area contributed by atoms with Crippen LogP contribution in [0.2, 0.25) is 0 Å². The van der Waals surface area contributed by atoms with E-state index < -0.39 is 18.4 Å². The lowest BCUT2D eigenvalue weighted by atomic mass is 10.2. The van der Waals surface area contributed by atoms with E-state index in [-0.39, 0.29) is 30.2 Å². The largest absolute Gasteiger partial charge is 0.493 e. The van der Waals surface area contributed by atoms with Crippen LogP contribution in [0.4, 0.5) is 8.78 Å². The number of nitrogens with one attached hydrogen (secondary N) is 2. The minimum absolute atomic E-state index is 0.0190. The molecule has 0 unspecified atom stereocenters. The van der Waals surface area contributed by atoms with Gasteiger partial charge in [-0.3, -0.25) is 9.59 Å². The minimum atomic E-state index is -3.01. The van der Waals surface area contributed by atoms with Crippen LogP contribution in [0.3, 0.4) is 0 Å². The van der Waals surface area contributed by atoms with E-state index in [2.05, 4.69) is 20.4 Å². The van der Waals surface area contributed by atoms with E-state index in [1.54, 1.807) is 12.3 Å². The maximum Gasteiger partial charge on any atom is 0.387 e. The molecule has 8 nitrogen and oxygen atoms in total. The lowest BCUT2D eigenvalue weighted by molar-refractivity contribution is -0.120. The number of alkyl halides is 2. The fourth-order valence-electron chi connectivity index (χ4n) is 2.62. The van der Waals surface area contributed by atoms with Gasteiger partial charge in [-0.25, -0.2) is 4.98 Å². The van der Waals surface area contributed by atoms with Crippen LogP contribution in [-0.4, -0.2) is 43.7 Å². The van der Waals surface area contributed by atoms with Crippen molar-refractivity contribution in [2.45, 2.75) is 26.0 Å². The predicted molar refractivity (Wildman–Crippen MR) is 106 cm³/mol. The van der Waals surface area contributed by atoms with Crippen LogP contribution in [0.1, 0.15) is 28.8 Å². The van der Waals surface area contributed by atoms with E-state index in [4.69, 9.17) is 9.47 Å². The van der Waals surface area contributed by atoms with Crippen LogP contribution in [0.5, 0.6) is 17.4 Å². The topological polar surface area (TPSA) is 98.8 Å². The van der Waals surface area contributed by atoms with Crippen LogP contribution in [0, 0.1) is 5.92 Å². The lowest BCUT2D eigenvalue weighted by Crippen LogP contribution is -2.36. The lowest BCUT2D eigenvalue weighted by Gasteiger charge is -2.11. The average molecular weight is 435 g/mol. The maximum absolute atomic E-state index is 12.4. The van der Waals surface area contributed by atoms with E-state index in [9.17, 15) is 18.4 Å². The van der Waals surface area contributed by atoms with Gasteiger partial charge in [0.05, 0.1) is 20.3 Å². The summed E-state index contributed by atoms with van der Waals surface area (Å²) in [6, 6.07) is 7.31. The molecule has 1 fully saturated rings. The quantitative estimate of drug-likeness (QED) is 0.563. The summed E-state index contributed by atoms with van der Waals surface area (Å²) in [6.45, 7) is -2.35. The SMILES string of the molecule is COc1cc(C(=O)NCC(=O)NCc2ccc(OCC3CC3)nc2)ccc1OC(F)F. The van der Waals surface area contributed by atoms with Crippen molar-refractivity contribution in [3.63, 3.8) is 0 Å². The first-order valence-electron chi connectivity index (χ1n) is 9.70. The second kappa shape index (κ2) is 10.6. The minimum Gasteiger partial charge on any atom is -0.493 e. The molecule has 1 aliphatic carbocycles. The molecule has 166 valence electrons. The van der Waals surface area contributed by atoms with Crippen LogP contribution >= 0.6 is 0 Å². The zero-order valence-corrected chi connectivity index (χ0v) is 16.9. The van der Waals surface area contributed by atoms with Crippen molar-refractivity contribution in [2.75, 3.05) is 20.3 Å². The smallest absolute Gasteiger partial charge is 0.387 e. The van der Waals surface area contributed by atoms with Crippen molar-refractivity contribution in [3.05, 3.63) is 47.7 Å². The Labute approximate surface area is 177 Å². The number of ether oxygens (including phenoxy) is 3. The highest BCUT2D eigenvalue weighted by Crippen LogP contribution is 2.30. The molecule has 1 heterocycles. The third-order valence-electron chi connectivity index (χ3n) is 4.50. The fraction of sp³-hybridized carbons (Fsp3) is 0.381. The molecule has 1 saturated carbocycles. The first-order chi connectivity index (χ1) is 14.9. The molecule has 1 aliphatic rings. The van der Waals surface area contributed by atoms with Gasteiger partial charge in [0.2, 0.25) is 11.8 Å². The fourth-order valence-corrected chi connectivity index (χ4v) is 2.62. The third kappa shape index (κ3) is 7.09. The van der Waals surface area contributed by atoms with Crippen LogP contribution in [0.15, 0.2) is 36.5 Å². The van der Waals surface area contributed by atoms with E-state index in [1.165, 1.54) is 38.2 Å². The second-order valence-corrected chi connectivity index (χ2v) is 6.96. The first kappa shape index (κ1) is 22.3. The summed E-state index contributed by atoms with van der Waals surface area (Å²) in [6.07, 6.45) is 4.02. The van der Waals surface area contributed by atoms with Gasteiger partial charge in [0, 0.05) is 24.4 Å². The standard InChI is InChI=1S/C21H23F2N3O5/c1-29-17-8-15(5-6-16(17)31-21(22)23)20(28)26-11-18(27)24-9-14-4-7-19(25-10-14)30-12-13-2-3-13/h4-8,10,13,21H,2-3,9,11-12H2,1H3,(H,24,27)(H,26,28). The number of amides is 2. The molecule has 10 heteroatoms. The predicted octanol–water partition coefficient (Wildman–Crippen LogP) is 2.53. The summed E-state index contributed by atoms with van der Waals surface area (Å²) in [7, 11) is 1.27. The van der Waals surface area contributed by atoms with Gasteiger partial charge >= 0.3 is 6.61 Å². The number of rotatable bonds is 11. The Morgan fingerprint density at radius 2 is 1.97 bits per heavy atom. The summed E-state index contributed by atoms with van der Waals surface area (Å²) in [5.41, 5.74) is 0.926. The molecule has 2 aromatic rings. The van der Waals surface area contributed by atoms with Gasteiger partial charge in [-0.1, -0.05) is 6.07 Å². The van der Waals surface area contributed by atoms with Crippen molar-refractivity contribution in [1.29, 1.82) is 0 Å². The Kier molecular flexibility index (Phi) is 7.58. The maximum atomic E-state index is 12.4. The highest BCUT2D eigenvalue weighted by molar-refractivity contribution is 5.97. The number of hydrogen-bond donors (Lipinski definition) is 2. The number of benzene rings is 1. The van der Waals surface area contributed by atoms with Crippen molar-refractivity contribution >= 4 is 11.8 Å². The molecular formula is C21H23F2N3O5. The highest BCUT2D eigenvalue weighted by Gasteiger charge is 2.22. The Morgan fingerprint density at radius 1 is 1.16 bits per heavy atom. The van der Waals surface area contributed by atoms with E-state index in [1.807, 2.05) is 6.07 Å². The Balaban J connectivity index is 1.43. The van der Waals surface area contributed by atoms with Crippen molar-refractivity contribution in [2.24, 2.45) is 5.92 Å². The van der Waals surface area contributed by atoms with Gasteiger partial charge in [-0.15, -0.1) is 0 Å². The number of aromatic nitrogens is 1. The zero-order valence-electron chi connectivity index (χ0n) is 16.9. The van der Waals surface area contributed by atoms with Gasteiger partial charge in [-0.2, -0.15) is 8.78 Å². The summed E-state index contributed by atoms with van der Waals surface area (Å²) in [5, 5.41) is 5.13. The Morgan fingerprint density at radius 3 is 2.61 bits per heavy atom. The van der Waals surface area contributed by atoms with Gasteiger partial charge in [0.15, 0.2) is 11.5 Å². The Hall–Kier alpha value is -3.43. The van der Waals surface area contributed by atoms with Gasteiger partial charge < -0.3 is 24.8 Å². The van der Waals surface area contributed by atoms with E-state index in [0.29, 0.717) is 18.4 Å². The van der Waals surface area contributed by atoms with Gasteiger partial charge in [0.25, 0.3) is 5.91 Å². The normalized spacial score (nSPS) is 12.9. The monoisotopic (exact) mass is 435 g/mol. The van der Waals surface area contributed by atoms with Gasteiger partial charge in [-0.05, 0) is 42.5 Å². The van der Waals surface area contributed by atoms with E-state index >= 15 is 0 Å².